The van der Waals surface area contributed by atoms with Crippen LogP contribution in [0.5, 0.6) is 0 Å². The number of nitrogens with zero attached hydrogens (tertiary/aromatic N) is 2. The Morgan fingerprint density at radius 3 is 2.42 bits per heavy atom. The van der Waals surface area contributed by atoms with Gasteiger partial charge in [-0.1, -0.05) is 68.3 Å². The molecular weight excluding hydrogens is 400 g/mol. The van der Waals surface area contributed by atoms with Crippen LogP contribution in [0.2, 0.25) is 0 Å². The Hall–Kier alpha value is -2.79. The quantitative estimate of drug-likeness (QED) is 0.208. The van der Waals surface area contributed by atoms with E-state index >= 15 is 0 Å². The van der Waals surface area contributed by atoms with Gasteiger partial charge in [-0.3, -0.25) is 5.41 Å². The van der Waals surface area contributed by atoms with E-state index in [-0.39, 0.29) is 0 Å². The maximum absolute atomic E-state index is 8.62. The number of rotatable bonds is 12. The average molecular weight is 433 g/mol. The van der Waals surface area contributed by atoms with Crippen LogP contribution < -0.4 is 5.43 Å². The fourth-order valence-corrected chi connectivity index (χ4v) is 4.39. The molecule has 3 aromatic rings. The minimum Gasteiger partial charge on any atom is -0.312 e. The van der Waals surface area contributed by atoms with E-state index in [9.17, 15) is 0 Å². The number of thiazole rings is 1. The molecule has 3 rings (SSSR count). The predicted octanol–water partition coefficient (Wildman–Crippen LogP) is 6.04. The van der Waals surface area contributed by atoms with Crippen molar-refractivity contribution >= 4 is 22.8 Å². The van der Waals surface area contributed by atoms with Crippen LogP contribution in [0.15, 0.2) is 65.1 Å². The molecule has 4 nitrogen and oxygen atoms in total. The van der Waals surface area contributed by atoms with Gasteiger partial charge in [0.2, 0.25) is 0 Å². The molecule has 31 heavy (non-hydrogen) atoms. The Kier molecular flexibility index (Phi) is 8.98. The number of hydrazone groups is 1. The first-order valence-corrected chi connectivity index (χ1v) is 12.0. The monoisotopic (exact) mass is 432 g/mol. The van der Waals surface area contributed by atoms with Gasteiger partial charge in [0.15, 0.2) is 0 Å². The summed E-state index contributed by atoms with van der Waals surface area (Å²) in [7, 11) is 1.77. The minimum absolute atomic E-state index is 0.431. The summed E-state index contributed by atoms with van der Waals surface area (Å²) in [6, 6.07) is 18.2. The molecular formula is C26H32N4S. The van der Waals surface area contributed by atoms with E-state index in [0.717, 1.165) is 30.4 Å². The van der Waals surface area contributed by atoms with Gasteiger partial charge in [-0.15, -0.1) is 11.3 Å². The van der Waals surface area contributed by atoms with Crippen molar-refractivity contribution in [3.8, 4) is 0 Å². The van der Waals surface area contributed by atoms with Crippen molar-refractivity contribution in [2.24, 2.45) is 5.10 Å². The van der Waals surface area contributed by atoms with Gasteiger partial charge in [0.05, 0.1) is 16.4 Å². The van der Waals surface area contributed by atoms with E-state index < -0.39 is 0 Å². The molecule has 1 heterocycles. The van der Waals surface area contributed by atoms with E-state index in [1.807, 2.05) is 36.4 Å². The number of hydrogen-bond acceptors (Lipinski definition) is 5. The third kappa shape index (κ3) is 6.86. The van der Waals surface area contributed by atoms with E-state index in [1.54, 1.807) is 18.4 Å². The third-order valence-electron chi connectivity index (χ3n) is 5.27. The van der Waals surface area contributed by atoms with Gasteiger partial charge in [0, 0.05) is 23.6 Å². The Morgan fingerprint density at radius 1 is 0.968 bits per heavy atom. The first-order chi connectivity index (χ1) is 15.2. The molecule has 0 aliphatic carbocycles. The first-order valence-electron chi connectivity index (χ1n) is 11.1. The first kappa shape index (κ1) is 22.9. The summed E-state index contributed by atoms with van der Waals surface area (Å²) in [5, 5.41) is 16.5. The smallest absolute Gasteiger partial charge is 0.116 e. The van der Waals surface area contributed by atoms with Crippen molar-refractivity contribution in [2.45, 2.75) is 51.9 Å². The molecule has 0 atom stereocenters. The van der Waals surface area contributed by atoms with Gasteiger partial charge in [0.1, 0.15) is 5.71 Å². The van der Waals surface area contributed by atoms with E-state index in [0.29, 0.717) is 11.4 Å². The van der Waals surface area contributed by atoms with E-state index in [2.05, 4.69) is 46.0 Å². The number of benzene rings is 2. The zero-order valence-electron chi connectivity index (χ0n) is 18.5. The Balaban J connectivity index is 1.51. The number of aromatic nitrogens is 1. The summed E-state index contributed by atoms with van der Waals surface area (Å²) in [4.78, 5) is 4.66. The Labute approximate surface area is 190 Å². The third-order valence-corrected chi connectivity index (χ3v) is 6.32. The van der Waals surface area contributed by atoms with Gasteiger partial charge in [-0.2, -0.15) is 5.10 Å². The van der Waals surface area contributed by atoms with Gasteiger partial charge in [0.25, 0.3) is 0 Å². The van der Waals surface area contributed by atoms with Crippen molar-refractivity contribution in [1.29, 1.82) is 5.41 Å². The van der Waals surface area contributed by atoms with Crippen LogP contribution in [0, 0.1) is 5.41 Å². The molecule has 0 spiro atoms. The highest BCUT2D eigenvalue weighted by Gasteiger charge is 2.13. The SMILES string of the molecule is CCc1nc(CCCCCCc2cccc(/C(=N/NC)C(=N)c3ccccc3)c2)cs1. The van der Waals surface area contributed by atoms with Crippen molar-refractivity contribution in [1.82, 2.24) is 10.4 Å². The maximum Gasteiger partial charge on any atom is 0.116 e. The van der Waals surface area contributed by atoms with Crippen LogP contribution in [-0.2, 0) is 19.3 Å². The highest BCUT2D eigenvalue weighted by Crippen LogP contribution is 2.16. The van der Waals surface area contributed by atoms with Crippen LogP contribution in [0.1, 0.15) is 60.0 Å². The van der Waals surface area contributed by atoms with E-state index in [1.165, 1.54) is 41.9 Å². The van der Waals surface area contributed by atoms with Gasteiger partial charge in [-0.05, 0) is 43.7 Å². The lowest BCUT2D eigenvalue weighted by atomic mass is 9.97. The molecule has 0 saturated heterocycles. The Bertz CT molecular complexity index is 991. The summed E-state index contributed by atoms with van der Waals surface area (Å²) >= 11 is 1.78. The second-order valence-corrected chi connectivity index (χ2v) is 8.57. The molecule has 0 bridgehead atoms. The normalized spacial score (nSPS) is 11.5. The van der Waals surface area contributed by atoms with Crippen LogP contribution >= 0.6 is 11.3 Å². The van der Waals surface area contributed by atoms with Crippen LogP contribution in [0.25, 0.3) is 0 Å². The summed E-state index contributed by atoms with van der Waals surface area (Å²) < 4.78 is 0. The molecule has 0 radical (unpaired) electrons. The summed E-state index contributed by atoms with van der Waals surface area (Å²) in [5.41, 5.74) is 8.37. The number of aryl methyl sites for hydroxylation is 3. The second-order valence-electron chi connectivity index (χ2n) is 7.63. The zero-order chi connectivity index (χ0) is 21.9. The Morgan fingerprint density at radius 2 is 1.71 bits per heavy atom. The van der Waals surface area contributed by atoms with Crippen LogP contribution in [0.3, 0.4) is 0 Å². The van der Waals surface area contributed by atoms with Crippen molar-refractivity contribution in [3.05, 3.63) is 87.4 Å². The number of nitrogens with one attached hydrogen (secondary N) is 2. The molecule has 2 aromatic carbocycles. The van der Waals surface area contributed by atoms with Crippen molar-refractivity contribution in [3.63, 3.8) is 0 Å². The zero-order valence-corrected chi connectivity index (χ0v) is 19.3. The summed E-state index contributed by atoms with van der Waals surface area (Å²) in [5.74, 6) is 0. The lowest BCUT2D eigenvalue weighted by molar-refractivity contribution is 0.636. The largest absolute Gasteiger partial charge is 0.312 e. The molecule has 162 valence electrons. The molecule has 0 fully saturated rings. The van der Waals surface area contributed by atoms with Crippen molar-refractivity contribution in [2.75, 3.05) is 7.05 Å². The summed E-state index contributed by atoms with van der Waals surface area (Å²) in [6.07, 6.45) is 8.04. The van der Waals surface area contributed by atoms with Gasteiger partial charge >= 0.3 is 0 Å². The molecule has 0 unspecified atom stereocenters. The maximum atomic E-state index is 8.62. The lowest BCUT2D eigenvalue weighted by Crippen LogP contribution is -2.19. The van der Waals surface area contributed by atoms with E-state index in [4.69, 9.17) is 5.41 Å². The van der Waals surface area contributed by atoms with Gasteiger partial charge < -0.3 is 5.43 Å². The average Bonchev–Trinajstić information content (AvgIpc) is 3.28. The second kappa shape index (κ2) is 12.2. The molecule has 5 heteroatoms. The highest BCUT2D eigenvalue weighted by atomic mass is 32.1. The summed E-state index contributed by atoms with van der Waals surface area (Å²) in [6.45, 7) is 2.16. The molecule has 0 amide bonds. The molecule has 0 aliphatic rings. The predicted molar refractivity (Wildman–Crippen MR) is 133 cm³/mol. The number of unbranched alkanes of at least 4 members (excludes halogenated alkanes) is 3. The van der Waals surface area contributed by atoms with Crippen LogP contribution in [0.4, 0.5) is 0 Å². The van der Waals surface area contributed by atoms with Gasteiger partial charge in [-0.25, -0.2) is 4.98 Å². The molecule has 1 aromatic heterocycles. The highest BCUT2D eigenvalue weighted by molar-refractivity contribution is 7.09. The molecule has 0 aliphatic heterocycles. The lowest BCUT2D eigenvalue weighted by Gasteiger charge is -2.10. The fraction of sp³-hybridized carbons (Fsp3) is 0.346. The number of hydrogen-bond donors (Lipinski definition) is 2. The molecule has 0 saturated carbocycles. The van der Waals surface area contributed by atoms with Crippen LogP contribution in [-0.4, -0.2) is 23.5 Å². The molecule has 2 N–H and O–H groups in total. The topological polar surface area (TPSA) is 61.1 Å². The minimum atomic E-state index is 0.431. The van der Waals surface area contributed by atoms with Crippen molar-refractivity contribution < 1.29 is 0 Å². The standard InChI is InChI=1S/C26H32N4S/c1-3-24-29-23(19-31-24)17-10-5-4-7-12-20-13-11-16-22(18-20)26(30-28-2)25(27)21-14-8-6-9-15-21/h6,8-9,11,13-16,18-19,27-28H,3-5,7,10,12,17H2,1-2H3/b27-25?,30-26-. The fourth-order valence-electron chi connectivity index (χ4n) is 3.61.